The highest BCUT2D eigenvalue weighted by atomic mass is 19.1. The van der Waals surface area contributed by atoms with E-state index in [-0.39, 0.29) is 5.69 Å². The van der Waals surface area contributed by atoms with Gasteiger partial charge in [-0.25, -0.2) is 8.78 Å². The Balaban J connectivity index is 2.20. The number of likely N-dealkylation sites (N-methyl/N-ethyl adjacent to an activating group) is 1. The van der Waals surface area contributed by atoms with E-state index in [1.54, 1.807) is 25.0 Å². The Morgan fingerprint density at radius 2 is 2.00 bits per heavy atom. The topological polar surface area (TPSA) is 68.2 Å². The summed E-state index contributed by atoms with van der Waals surface area (Å²) in [7, 11) is 4.49. The lowest BCUT2D eigenvalue weighted by atomic mass is 10.1. The van der Waals surface area contributed by atoms with Gasteiger partial charge in [0.2, 0.25) is 5.91 Å². The molecule has 0 saturated carbocycles. The zero-order valence-corrected chi connectivity index (χ0v) is 12.4. The number of amides is 1. The van der Waals surface area contributed by atoms with E-state index in [2.05, 4.69) is 20.5 Å². The van der Waals surface area contributed by atoms with Crippen molar-refractivity contribution in [2.24, 2.45) is 7.05 Å². The van der Waals surface area contributed by atoms with Crippen LogP contribution in [0.5, 0.6) is 5.75 Å². The van der Waals surface area contributed by atoms with E-state index >= 15 is 0 Å². The Morgan fingerprint density at radius 1 is 1.36 bits per heavy atom. The van der Waals surface area contributed by atoms with Crippen LogP contribution in [-0.2, 0) is 11.8 Å². The summed E-state index contributed by atoms with van der Waals surface area (Å²) in [5.74, 6) is -2.73. The van der Waals surface area contributed by atoms with Crippen LogP contribution in [-0.4, -0.2) is 29.8 Å². The third kappa shape index (κ3) is 3.22. The highest BCUT2D eigenvalue weighted by Crippen LogP contribution is 2.26. The average molecular weight is 310 g/mol. The summed E-state index contributed by atoms with van der Waals surface area (Å²) < 4.78 is 33.4. The first-order chi connectivity index (χ1) is 10.5. The lowest BCUT2D eigenvalue weighted by Gasteiger charge is -2.15. The maximum atomic E-state index is 13.6. The van der Waals surface area contributed by atoms with Gasteiger partial charge < -0.3 is 15.4 Å². The summed E-state index contributed by atoms with van der Waals surface area (Å²) >= 11 is 0. The highest BCUT2D eigenvalue weighted by molar-refractivity contribution is 5.95. The molecule has 1 aromatic heterocycles. The second-order valence-corrected chi connectivity index (χ2v) is 4.63. The second-order valence-electron chi connectivity index (χ2n) is 4.63. The van der Waals surface area contributed by atoms with E-state index in [9.17, 15) is 13.6 Å². The number of hydrogen-bond donors (Lipinski definition) is 2. The number of carbonyl (C=O) groups excluding carboxylic acids is 1. The molecular formula is C14H16F2N4O2. The van der Waals surface area contributed by atoms with Gasteiger partial charge in [0.05, 0.1) is 13.3 Å². The molecule has 8 heteroatoms. The summed E-state index contributed by atoms with van der Waals surface area (Å²) in [6.45, 7) is 0. The lowest BCUT2D eigenvalue weighted by Crippen LogP contribution is -2.30. The van der Waals surface area contributed by atoms with Crippen LogP contribution in [0.1, 0.15) is 11.6 Å². The van der Waals surface area contributed by atoms with E-state index in [4.69, 9.17) is 0 Å². The molecule has 0 aliphatic rings. The number of carbonyl (C=O) groups is 1. The van der Waals surface area contributed by atoms with Gasteiger partial charge in [-0.15, -0.1) is 0 Å². The minimum Gasteiger partial charge on any atom is -0.491 e. The van der Waals surface area contributed by atoms with Crippen molar-refractivity contribution >= 4 is 11.6 Å². The smallest absolute Gasteiger partial charge is 0.246 e. The number of hydrogen-bond acceptors (Lipinski definition) is 4. The van der Waals surface area contributed by atoms with Crippen molar-refractivity contribution in [3.8, 4) is 5.75 Å². The molecule has 0 bridgehead atoms. The van der Waals surface area contributed by atoms with E-state index in [1.165, 1.54) is 13.3 Å². The standard InChI is InChI=1S/C14H16F2N4O2/c1-17-12(8-6-18-20(2)7-8)14(21)19-9-4-10(15)13(22-3)11(16)5-9/h4-7,12,17H,1-3H3,(H,19,21). The fraction of sp³-hybridized carbons (Fsp3) is 0.286. The summed E-state index contributed by atoms with van der Waals surface area (Å²) in [5, 5.41) is 9.27. The Morgan fingerprint density at radius 3 is 2.45 bits per heavy atom. The van der Waals surface area contributed by atoms with Crippen LogP contribution in [0.2, 0.25) is 0 Å². The zero-order chi connectivity index (χ0) is 16.3. The number of rotatable bonds is 5. The normalized spacial score (nSPS) is 12.0. The molecule has 1 unspecified atom stereocenters. The molecule has 0 aliphatic heterocycles. The summed E-state index contributed by atoms with van der Waals surface area (Å²) in [6.07, 6.45) is 3.21. The van der Waals surface area contributed by atoms with Gasteiger partial charge in [0, 0.05) is 36.6 Å². The van der Waals surface area contributed by atoms with Crippen LogP contribution in [0.3, 0.4) is 0 Å². The van der Waals surface area contributed by atoms with Crippen LogP contribution >= 0.6 is 0 Å². The zero-order valence-electron chi connectivity index (χ0n) is 12.4. The Labute approximate surface area is 126 Å². The van der Waals surface area contributed by atoms with E-state index in [1.807, 2.05) is 0 Å². The average Bonchev–Trinajstić information content (AvgIpc) is 2.85. The molecule has 1 aromatic carbocycles. The molecule has 1 atom stereocenters. The summed E-state index contributed by atoms with van der Waals surface area (Å²) in [5.41, 5.74) is 0.641. The van der Waals surface area contributed by atoms with Gasteiger partial charge in [-0.2, -0.15) is 5.10 Å². The van der Waals surface area contributed by atoms with Crippen molar-refractivity contribution in [1.29, 1.82) is 0 Å². The number of anilines is 1. The predicted molar refractivity (Wildman–Crippen MR) is 76.5 cm³/mol. The molecule has 1 heterocycles. The van der Waals surface area contributed by atoms with Gasteiger partial charge in [-0.05, 0) is 7.05 Å². The van der Waals surface area contributed by atoms with Crippen LogP contribution in [0.4, 0.5) is 14.5 Å². The Bertz CT molecular complexity index is 664. The van der Waals surface area contributed by atoms with Crippen LogP contribution in [0, 0.1) is 11.6 Å². The Hall–Kier alpha value is -2.48. The van der Waals surface area contributed by atoms with Crippen LogP contribution in [0.25, 0.3) is 0 Å². The molecular weight excluding hydrogens is 294 g/mol. The molecule has 2 N–H and O–H groups in total. The molecule has 0 aliphatic carbocycles. The van der Waals surface area contributed by atoms with Crippen molar-refractivity contribution < 1.29 is 18.3 Å². The number of aromatic nitrogens is 2. The van der Waals surface area contributed by atoms with Crippen molar-refractivity contribution in [2.45, 2.75) is 6.04 Å². The molecule has 118 valence electrons. The van der Waals surface area contributed by atoms with Crippen molar-refractivity contribution in [2.75, 3.05) is 19.5 Å². The van der Waals surface area contributed by atoms with Crippen molar-refractivity contribution in [3.63, 3.8) is 0 Å². The lowest BCUT2D eigenvalue weighted by molar-refractivity contribution is -0.118. The number of nitrogens with zero attached hydrogens (tertiary/aromatic N) is 2. The fourth-order valence-electron chi connectivity index (χ4n) is 2.08. The van der Waals surface area contributed by atoms with E-state index < -0.39 is 29.3 Å². The Kier molecular flexibility index (Phi) is 4.71. The number of nitrogens with one attached hydrogen (secondary N) is 2. The molecule has 1 amide bonds. The van der Waals surface area contributed by atoms with Crippen molar-refractivity contribution in [3.05, 3.63) is 41.7 Å². The number of halogens is 2. The number of benzene rings is 1. The molecule has 2 rings (SSSR count). The van der Waals surface area contributed by atoms with Gasteiger partial charge in [0.15, 0.2) is 17.4 Å². The van der Waals surface area contributed by atoms with E-state index in [0.717, 1.165) is 12.1 Å². The monoisotopic (exact) mass is 310 g/mol. The maximum absolute atomic E-state index is 13.6. The third-order valence-corrected chi connectivity index (χ3v) is 3.08. The molecule has 2 aromatic rings. The van der Waals surface area contributed by atoms with Gasteiger partial charge in [0.1, 0.15) is 6.04 Å². The van der Waals surface area contributed by atoms with Gasteiger partial charge in [-0.1, -0.05) is 0 Å². The first-order valence-electron chi connectivity index (χ1n) is 6.46. The van der Waals surface area contributed by atoms with Gasteiger partial charge in [-0.3, -0.25) is 9.48 Å². The predicted octanol–water partition coefficient (Wildman–Crippen LogP) is 1.61. The molecule has 22 heavy (non-hydrogen) atoms. The SMILES string of the molecule is CNC(C(=O)Nc1cc(F)c(OC)c(F)c1)c1cnn(C)c1. The van der Waals surface area contributed by atoms with E-state index in [0.29, 0.717) is 5.56 Å². The fourth-order valence-corrected chi connectivity index (χ4v) is 2.08. The second kappa shape index (κ2) is 6.52. The molecule has 0 fully saturated rings. The maximum Gasteiger partial charge on any atom is 0.246 e. The molecule has 0 saturated heterocycles. The number of methoxy groups -OCH3 is 1. The van der Waals surface area contributed by atoms with Crippen LogP contribution in [0.15, 0.2) is 24.5 Å². The first kappa shape index (κ1) is 15.9. The van der Waals surface area contributed by atoms with Gasteiger partial charge in [0.25, 0.3) is 0 Å². The summed E-state index contributed by atoms with van der Waals surface area (Å²) in [4.78, 5) is 12.2. The third-order valence-electron chi connectivity index (χ3n) is 3.08. The quantitative estimate of drug-likeness (QED) is 0.880. The molecule has 6 nitrogen and oxygen atoms in total. The number of ether oxygens (including phenoxy) is 1. The van der Waals surface area contributed by atoms with Gasteiger partial charge >= 0.3 is 0 Å². The highest BCUT2D eigenvalue weighted by Gasteiger charge is 2.21. The molecule has 0 spiro atoms. The van der Waals surface area contributed by atoms with Crippen LogP contribution < -0.4 is 15.4 Å². The first-order valence-corrected chi connectivity index (χ1v) is 6.46. The largest absolute Gasteiger partial charge is 0.491 e. The summed E-state index contributed by atoms with van der Waals surface area (Å²) in [6, 6.07) is 1.30. The van der Waals surface area contributed by atoms with Crippen molar-refractivity contribution in [1.82, 2.24) is 15.1 Å². The minimum atomic E-state index is -0.889. The number of aryl methyl sites for hydroxylation is 1. The minimum absolute atomic E-state index is 0.00457. The molecule has 0 radical (unpaired) electrons.